The highest BCUT2D eigenvalue weighted by Gasteiger charge is 2.23. The van der Waals surface area contributed by atoms with Crippen LogP contribution in [-0.4, -0.2) is 22.4 Å². The zero-order chi connectivity index (χ0) is 12.7. The zero-order valence-electron chi connectivity index (χ0n) is 10.7. The first kappa shape index (κ1) is 14.2. The van der Waals surface area contributed by atoms with Crippen molar-refractivity contribution in [2.75, 3.05) is 6.61 Å². The lowest BCUT2D eigenvalue weighted by atomic mass is 9.93. The van der Waals surface area contributed by atoms with Gasteiger partial charge >= 0.3 is 0 Å². The van der Waals surface area contributed by atoms with Gasteiger partial charge in [-0.1, -0.05) is 38.1 Å². The third-order valence-corrected chi connectivity index (χ3v) is 3.53. The number of hydrogen-bond acceptors (Lipinski definition) is 3. The Kier molecular flexibility index (Phi) is 5.62. The van der Waals surface area contributed by atoms with E-state index in [9.17, 15) is 5.11 Å². The second-order valence-electron chi connectivity index (χ2n) is 4.47. The second-order valence-corrected chi connectivity index (χ2v) is 4.47. The molecule has 0 aliphatic carbocycles. The van der Waals surface area contributed by atoms with Crippen LogP contribution >= 0.6 is 0 Å². The van der Waals surface area contributed by atoms with Crippen molar-refractivity contribution in [2.24, 2.45) is 0 Å². The Morgan fingerprint density at radius 2 is 1.53 bits per heavy atom. The maximum atomic E-state index is 9.44. The molecule has 0 amide bonds. The fraction of sp³-hybridized carbons (Fsp3) is 0.571. The van der Waals surface area contributed by atoms with E-state index >= 15 is 0 Å². The van der Waals surface area contributed by atoms with Crippen LogP contribution in [0.25, 0.3) is 0 Å². The summed E-state index contributed by atoms with van der Waals surface area (Å²) in [5, 5.41) is 21.8. The van der Waals surface area contributed by atoms with Gasteiger partial charge in [-0.25, -0.2) is 0 Å². The Morgan fingerprint density at radius 1 is 1.00 bits per heavy atom. The molecular formula is C14H23NO2. The molecule has 0 saturated carbocycles. The smallest absolute Gasteiger partial charge is 0.0681 e. The number of rotatable bonds is 7. The fourth-order valence-corrected chi connectivity index (χ4v) is 1.83. The minimum Gasteiger partial charge on any atom is -0.394 e. The van der Waals surface area contributed by atoms with Crippen molar-refractivity contribution in [3.63, 3.8) is 0 Å². The van der Waals surface area contributed by atoms with Gasteiger partial charge in [-0.05, 0) is 24.0 Å². The van der Waals surface area contributed by atoms with Gasteiger partial charge in [-0.2, -0.15) is 0 Å². The Morgan fingerprint density at radius 3 is 1.94 bits per heavy atom. The van der Waals surface area contributed by atoms with Gasteiger partial charge in [0, 0.05) is 12.1 Å². The normalized spacial score (nSPS) is 11.8. The van der Waals surface area contributed by atoms with Gasteiger partial charge in [-0.15, -0.1) is 0 Å². The summed E-state index contributed by atoms with van der Waals surface area (Å²) in [4.78, 5) is 0. The molecule has 0 spiro atoms. The number of nitrogens with one attached hydrogen (secondary N) is 1. The summed E-state index contributed by atoms with van der Waals surface area (Å²) in [5.74, 6) is 0. The van der Waals surface area contributed by atoms with Crippen molar-refractivity contribution in [3.8, 4) is 0 Å². The third-order valence-electron chi connectivity index (χ3n) is 3.53. The number of benzene rings is 1. The van der Waals surface area contributed by atoms with Gasteiger partial charge in [0.15, 0.2) is 0 Å². The van der Waals surface area contributed by atoms with Crippen LogP contribution in [0.5, 0.6) is 0 Å². The second kappa shape index (κ2) is 6.74. The average Bonchev–Trinajstić information content (AvgIpc) is 2.41. The minimum absolute atomic E-state index is 0.0816. The lowest BCUT2D eigenvalue weighted by Gasteiger charge is -2.31. The van der Waals surface area contributed by atoms with E-state index < -0.39 is 0 Å². The molecule has 0 aromatic heterocycles. The number of hydrogen-bond donors (Lipinski definition) is 3. The van der Waals surface area contributed by atoms with Crippen LogP contribution in [0.1, 0.15) is 37.8 Å². The maximum absolute atomic E-state index is 9.44. The van der Waals surface area contributed by atoms with E-state index in [-0.39, 0.29) is 18.8 Å². The van der Waals surface area contributed by atoms with Gasteiger partial charge in [0.1, 0.15) is 0 Å². The molecule has 0 aliphatic heterocycles. The summed E-state index contributed by atoms with van der Waals surface area (Å²) in [7, 11) is 0. The van der Waals surface area contributed by atoms with Crippen molar-refractivity contribution in [3.05, 3.63) is 35.4 Å². The van der Waals surface area contributed by atoms with Crippen molar-refractivity contribution in [2.45, 2.75) is 45.4 Å². The first-order chi connectivity index (χ1) is 8.19. The third kappa shape index (κ3) is 3.80. The quantitative estimate of drug-likeness (QED) is 0.678. The summed E-state index contributed by atoms with van der Waals surface area (Å²) >= 11 is 0. The Balaban J connectivity index is 2.59. The van der Waals surface area contributed by atoms with Gasteiger partial charge < -0.3 is 15.5 Å². The molecular weight excluding hydrogens is 214 g/mol. The molecule has 0 unspecified atom stereocenters. The predicted octanol–water partition coefficient (Wildman–Crippen LogP) is 1.82. The van der Waals surface area contributed by atoms with E-state index in [1.807, 2.05) is 24.3 Å². The highest BCUT2D eigenvalue weighted by molar-refractivity contribution is 5.22. The lowest BCUT2D eigenvalue weighted by Crippen LogP contribution is -2.47. The van der Waals surface area contributed by atoms with Crippen LogP contribution in [0.15, 0.2) is 24.3 Å². The van der Waals surface area contributed by atoms with Crippen LogP contribution in [0.2, 0.25) is 0 Å². The standard InChI is InChI=1S/C14H23NO2/c1-3-14(4-2,11-17)15-9-12-5-7-13(10-16)8-6-12/h5-8,15-17H,3-4,9-11H2,1-2H3. The molecule has 0 radical (unpaired) electrons. The van der Waals surface area contributed by atoms with Gasteiger partial charge in [0.2, 0.25) is 0 Å². The largest absolute Gasteiger partial charge is 0.394 e. The number of aliphatic hydroxyl groups excluding tert-OH is 2. The summed E-state index contributed by atoms with van der Waals surface area (Å²) in [6.07, 6.45) is 1.82. The van der Waals surface area contributed by atoms with Gasteiger partial charge in [-0.3, -0.25) is 0 Å². The molecule has 1 aromatic rings. The molecule has 0 saturated heterocycles. The molecule has 0 fully saturated rings. The molecule has 0 atom stereocenters. The topological polar surface area (TPSA) is 52.5 Å². The van der Waals surface area contributed by atoms with Crippen molar-refractivity contribution >= 4 is 0 Å². The van der Waals surface area contributed by atoms with E-state index in [2.05, 4.69) is 19.2 Å². The average molecular weight is 237 g/mol. The van der Waals surface area contributed by atoms with E-state index in [4.69, 9.17) is 5.11 Å². The Bertz CT molecular complexity index is 309. The summed E-state index contributed by atoms with van der Waals surface area (Å²) < 4.78 is 0. The van der Waals surface area contributed by atoms with E-state index in [1.54, 1.807) is 0 Å². The van der Waals surface area contributed by atoms with Crippen molar-refractivity contribution in [1.82, 2.24) is 5.32 Å². The summed E-state index contributed by atoms with van der Waals surface area (Å²) in [6, 6.07) is 7.86. The zero-order valence-corrected chi connectivity index (χ0v) is 10.7. The van der Waals surface area contributed by atoms with E-state index in [0.29, 0.717) is 0 Å². The highest BCUT2D eigenvalue weighted by Crippen LogP contribution is 2.15. The molecule has 3 heteroatoms. The molecule has 0 aliphatic rings. The predicted molar refractivity (Wildman–Crippen MR) is 69.6 cm³/mol. The molecule has 17 heavy (non-hydrogen) atoms. The first-order valence-electron chi connectivity index (χ1n) is 6.24. The van der Waals surface area contributed by atoms with E-state index in [1.165, 1.54) is 5.56 Å². The Hall–Kier alpha value is -0.900. The minimum atomic E-state index is -0.171. The van der Waals surface area contributed by atoms with Crippen molar-refractivity contribution in [1.29, 1.82) is 0 Å². The molecule has 0 bridgehead atoms. The van der Waals surface area contributed by atoms with Crippen LogP contribution in [-0.2, 0) is 13.2 Å². The van der Waals surface area contributed by atoms with E-state index in [0.717, 1.165) is 24.9 Å². The molecule has 3 N–H and O–H groups in total. The van der Waals surface area contributed by atoms with Crippen LogP contribution in [0.4, 0.5) is 0 Å². The SMILES string of the molecule is CCC(CC)(CO)NCc1ccc(CO)cc1. The van der Waals surface area contributed by atoms with Gasteiger partial charge in [0.05, 0.1) is 13.2 Å². The fourth-order valence-electron chi connectivity index (χ4n) is 1.83. The van der Waals surface area contributed by atoms with Crippen molar-refractivity contribution < 1.29 is 10.2 Å². The van der Waals surface area contributed by atoms with Crippen LogP contribution in [0, 0.1) is 0 Å². The molecule has 3 nitrogen and oxygen atoms in total. The van der Waals surface area contributed by atoms with Gasteiger partial charge in [0.25, 0.3) is 0 Å². The monoisotopic (exact) mass is 237 g/mol. The molecule has 0 heterocycles. The maximum Gasteiger partial charge on any atom is 0.0681 e. The first-order valence-corrected chi connectivity index (χ1v) is 6.24. The lowest BCUT2D eigenvalue weighted by molar-refractivity contribution is 0.149. The summed E-state index contributed by atoms with van der Waals surface area (Å²) in [6.45, 7) is 5.16. The highest BCUT2D eigenvalue weighted by atomic mass is 16.3. The summed E-state index contributed by atoms with van der Waals surface area (Å²) in [5.41, 5.74) is 1.92. The Labute approximate surface area is 103 Å². The number of aliphatic hydroxyl groups is 2. The molecule has 1 aromatic carbocycles. The molecule has 1 rings (SSSR count). The van der Waals surface area contributed by atoms with Crippen LogP contribution < -0.4 is 5.32 Å². The van der Waals surface area contributed by atoms with Crippen LogP contribution in [0.3, 0.4) is 0 Å². The molecule has 96 valence electrons.